The number of carbonyl (C=O) groups excluding carboxylic acids is 2. The van der Waals surface area contributed by atoms with E-state index in [0.717, 1.165) is 24.1 Å². The van der Waals surface area contributed by atoms with Crippen LogP contribution in [0.2, 0.25) is 0 Å². The zero-order valence-corrected chi connectivity index (χ0v) is 9.12. The summed E-state index contributed by atoms with van der Waals surface area (Å²) in [6.45, 7) is 7.71. The van der Waals surface area contributed by atoms with Crippen molar-refractivity contribution in [3.8, 4) is 0 Å². The van der Waals surface area contributed by atoms with E-state index < -0.39 is 11.9 Å². The van der Waals surface area contributed by atoms with Crippen molar-refractivity contribution in [1.82, 2.24) is 0 Å². The van der Waals surface area contributed by atoms with Gasteiger partial charge in [-0.3, -0.25) is 0 Å². The summed E-state index contributed by atoms with van der Waals surface area (Å²) in [5.74, 6) is -1.12. The molecule has 0 atom stereocenters. The molecule has 0 saturated heterocycles. The molecule has 0 radical (unpaired) electrons. The van der Waals surface area contributed by atoms with E-state index in [0.29, 0.717) is 6.61 Å². The lowest BCUT2D eigenvalue weighted by molar-refractivity contribution is -0.140. The minimum Gasteiger partial charge on any atom is -0.463 e. The van der Waals surface area contributed by atoms with E-state index in [1.165, 1.54) is 0 Å². The van der Waals surface area contributed by atoms with Crippen LogP contribution in [0.1, 0.15) is 20.3 Å². The zero-order valence-electron chi connectivity index (χ0n) is 9.12. The van der Waals surface area contributed by atoms with Crippen molar-refractivity contribution >= 4 is 11.9 Å². The lowest BCUT2D eigenvalue weighted by atomic mass is 10.4. The number of ether oxygens (including phenoxy) is 2. The molecule has 0 heterocycles. The van der Waals surface area contributed by atoms with Gasteiger partial charge in [0.2, 0.25) is 0 Å². The van der Waals surface area contributed by atoms with E-state index in [9.17, 15) is 9.59 Å². The molecule has 0 fully saturated rings. The van der Waals surface area contributed by atoms with Gasteiger partial charge in [-0.25, -0.2) is 9.59 Å². The topological polar surface area (TPSA) is 52.6 Å². The molecule has 0 N–H and O–H groups in total. The van der Waals surface area contributed by atoms with Crippen molar-refractivity contribution in [2.24, 2.45) is 0 Å². The molecule has 0 aromatic rings. The molecule has 0 aliphatic carbocycles. The minimum absolute atomic E-state index is 0.160. The van der Waals surface area contributed by atoms with Crippen LogP contribution in [0.25, 0.3) is 0 Å². The number of carbonyl (C=O) groups is 2. The van der Waals surface area contributed by atoms with E-state index in [1.54, 1.807) is 6.92 Å². The Morgan fingerprint density at radius 2 is 1.73 bits per heavy atom. The van der Waals surface area contributed by atoms with Gasteiger partial charge in [-0.2, -0.15) is 0 Å². The third-order valence-corrected chi connectivity index (χ3v) is 1.26. The van der Waals surface area contributed by atoms with E-state index in [4.69, 9.17) is 9.47 Å². The maximum Gasteiger partial charge on any atom is 0.331 e. The first-order valence-electron chi connectivity index (χ1n) is 4.72. The number of rotatable bonds is 6. The third kappa shape index (κ3) is 8.74. The minimum atomic E-state index is -0.577. The predicted octanol–water partition coefficient (Wildman–Crippen LogP) is 1.62. The van der Waals surface area contributed by atoms with Gasteiger partial charge in [0.25, 0.3) is 0 Å². The van der Waals surface area contributed by atoms with E-state index in [-0.39, 0.29) is 6.61 Å². The molecule has 0 amide bonds. The maximum absolute atomic E-state index is 11.0. The molecule has 4 nitrogen and oxygen atoms in total. The first-order valence-corrected chi connectivity index (χ1v) is 4.72. The molecule has 0 aromatic heterocycles. The predicted molar refractivity (Wildman–Crippen MR) is 56.2 cm³/mol. The summed E-state index contributed by atoms with van der Waals surface area (Å²) in [6, 6.07) is 0. The van der Waals surface area contributed by atoms with Gasteiger partial charge < -0.3 is 9.47 Å². The number of hydrogen-bond donors (Lipinski definition) is 0. The fourth-order valence-corrected chi connectivity index (χ4v) is 0.629. The summed E-state index contributed by atoms with van der Waals surface area (Å²) < 4.78 is 9.44. The molecule has 0 unspecified atom stereocenters. The van der Waals surface area contributed by atoms with E-state index in [1.807, 2.05) is 6.92 Å². The molecule has 0 aromatic carbocycles. The van der Waals surface area contributed by atoms with Crippen LogP contribution < -0.4 is 0 Å². The van der Waals surface area contributed by atoms with Crippen molar-refractivity contribution in [3.63, 3.8) is 0 Å². The Kier molecular flexibility index (Phi) is 6.97. The van der Waals surface area contributed by atoms with Gasteiger partial charge in [0.05, 0.1) is 6.61 Å². The molecular formula is C11H16O4. The summed E-state index contributed by atoms with van der Waals surface area (Å²) in [7, 11) is 0. The summed E-state index contributed by atoms with van der Waals surface area (Å²) in [4.78, 5) is 21.9. The van der Waals surface area contributed by atoms with Gasteiger partial charge >= 0.3 is 11.9 Å². The zero-order chi connectivity index (χ0) is 11.7. The average Bonchev–Trinajstić information content (AvgIpc) is 2.20. The summed E-state index contributed by atoms with van der Waals surface area (Å²) in [5, 5.41) is 0. The molecule has 15 heavy (non-hydrogen) atoms. The summed E-state index contributed by atoms with van der Waals surface area (Å²) in [5.41, 5.74) is 0.741. The Hall–Kier alpha value is -1.58. The first-order chi connectivity index (χ1) is 7.06. The molecule has 84 valence electrons. The standard InChI is InChI=1S/C11H16O4/c1-4-7-14-10(12)5-6-11(13)15-8-9(2)3/h5-6H,2,4,7-8H2,1,3H3/b6-5+. The molecular weight excluding hydrogens is 196 g/mol. The average molecular weight is 212 g/mol. The molecule has 0 bridgehead atoms. The quantitative estimate of drug-likeness (QED) is 0.381. The molecule has 4 heteroatoms. The Labute approximate surface area is 89.6 Å². The number of esters is 2. The lowest BCUT2D eigenvalue weighted by Gasteiger charge is -2.00. The van der Waals surface area contributed by atoms with Crippen molar-refractivity contribution < 1.29 is 19.1 Å². The molecule has 0 saturated carbocycles. The monoisotopic (exact) mass is 212 g/mol. The second-order valence-corrected chi connectivity index (χ2v) is 3.07. The van der Waals surface area contributed by atoms with Crippen LogP contribution in [-0.4, -0.2) is 25.2 Å². The van der Waals surface area contributed by atoms with Gasteiger partial charge in [0.1, 0.15) is 6.61 Å². The molecule has 0 aliphatic heterocycles. The van der Waals surface area contributed by atoms with E-state index >= 15 is 0 Å². The highest BCUT2D eigenvalue weighted by Crippen LogP contribution is 1.91. The Morgan fingerprint density at radius 3 is 2.20 bits per heavy atom. The van der Waals surface area contributed by atoms with Gasteiger partial charge in [-0.1, -0.05) is 13.5 Å². The van der Waals surface area contributed by atoms with Gasteiger partial charge in [-0.05, 0) is 18.9 Å². The van der Waals surface area contributed by atoms with Crippen LogP contribution >= 0.6 is 0 Å². The number of hydrogen-bond acceptors (Lipinski definition) is 4. The van der Waals surface area contributed by atoms with Crippen LogP contribution in [-0.2, 0) is 19.1 Å². The fraction of sp³-hybridized carbons (Fsp3) is 0.455. The van der Waals surface area contributed by atoms with Crippen molar-refractivity contribution in [3.05, 3.63) is 24.3 Å². The van der Waals surface area contributed by atoms with E-state index in [2.05, 4.69) is 6.58 Å². The highest BCUT2D eigenvalue weighted by molar-refractivity contribution is 5.91. The second kappa shape index (κ2) is 7.79. The van der Waals surface area contributed by atoms with Gasteiger partial charge in [0, 0.05) is 12.2 Å². The first kappa shape index (κ1) is 13.4. The fourth-order valence-electron chi connectivity index (χ4n) is 0.629. The Bertz CT molecular complexity index is 266. The lowest BCUT2D eigenvalue weighted by Crippen LogP contribution is -2.05. The van der Waals surface area contributed by atoms with Crippen LogP contribution in [0.5, 0.6) is 0 Å². The van der Waals surface area contributed by atoms with Crippen molar-refractivity contribution in [1.29, 1.82) is 0 Å². The van der Waals surface area contributed by atoms with Gasteiger partial charge in [-0.15, -0.1) is 0 Å². The highest BCUT2D eigenvalue weighted by atomic mass is 16.5. The van der Waals surface area contributed by atoms with Crippen LogP contribution in [0.4, 0.5) is 0 Å². The molecule has 0 rings (SSSR count). The highest BCUT2D eigenvalue weighted by Gasteiger charge is 2.00. The maximum atomic E-state index is 11.0. The third-order valence-electron chi connectivity index (χ3n) is 1.26. The Morgan fingerprint density at radius 1 is 1.20 bits per heavy atom. The Balaban J connectivity index is 3.79. The van der Waals surface area contributed by atoms with Crippen LogP contribution in [0.15, 0.2) is 24.3 Å². The normalized spacial score (nSPS) is 10.0. The second-order valence-electron chi connectivity index (χ2n) is 3.07. The van der Waals surface area contributed by atoms with Crippen molar-refractivity contribution in [2.75, 3.05) is 13.2 Å². The molecule has 0 spiro atoms. The van der Waals surface area contributed by atoms with Crippen molar-refractivity contribution in [2.45, 2.75) is 20.3 Å². The smallest absolute Gasteiger partial charge is 0.331 e. The van der Waals surface area contributed by atoms with Crippen LogP contribution in [0.3, 0.4) is 0 Å². The van der Waals surface area contributed by atoms with Gasteiger partial charge in [0.15, 0.2) is 0 Å². The summed E-state index contributed by atoms with van der Waals surface area (Å²) >= 11 is 0. The molecule has 0 aliphatic rings. The largest absolute Gasteiger partial charge is 0.463 e. The summed E-state index contributed by atoms with van der Waals surface area (Å²) in [6.07, 6.45) is 2.84. The van der Waals surface area contributed by atoms with Crippen LogP contribution in [0, 0.1) is 0 Å². The SMILES string of the molecule is C=C(C)COC(=O)/C=C/C(=O)OCCC.